The van der Waals surface area contributed by atoms with Gasteiger partial charge >= 0.3 is 0 Å². The first-order valence-corrected chi connectivity index (χ1v) is 6.77. The SMILES string of the molecule is CC1C(CBr)CCN1Cc1ccccc1. The van der Waals surface area contributed by atoms with E-state index in [1.807, 2.05) is 0 Å². The van der Waals surface area contributed by atoms with Crippen LogP contribution in [0.3, 0.4) is 0 Å². The van der Waals surface area contributed by atoms with E-state index in [1.54, 1.807) is 0 Å². The summed E-state index contributed by atoms with van der Waals surface area (Å²) in [5, 5.41) is 1.14. The third-order valence-corrected chi connectivity index (χ3v) is 4.30. The molecule has 0 aliphatic carbocycles. The maximum atomic E-state index is 3.60. The maximum absolute atomic E-state index is 3.60. The fraction of sp³-hybridized carbons (Fsp3) is 0.538. The minimum atomic E-state index is 0.713. The monoisotopic (exact) mass is 267 g/mol. The fourth-order valence-electron chi connectivity index (χ4n) is 2.32. The molecule has 15 heavy (non-hydrogen) atoms. The molecule has 2 atom stereocenters. The Labute approximate surface area is 101 Å². The summed E-state index contributed by atoms with van der Waals surface area (Å²) < 4.78 is 0. The van der Waals surface area contributed by atoms with Gasteiger partial charge < -0.3 is 0 Å². The van der Waals surface area contributed by atoms with Gasteiger partial charge in [-0.15, -0.1) is 0 Å². The third kappa shape index (κ3) is 2.61. The van der Waals surface area contributed by atoms with Crippen LogP contribution in [0.2, 0.25) is 0 Å². The zero-order valence-electron chi connectivity index (χ0n) is 9.20. The topological polar surface area (TPSA) is 3.24 Å². The highest BCUT2D eigenvalue weighted by molar-refractivity contribution is 9.09. The van der Waals surface area contributed by atoms with Crippen LogP contribution in [-0.2, 0) is 6.54 Å². The molecule has 2 heteroatoms. The molecule has 1 aromatic rings. The Morgan fingerprint density at radius 3 is 2.67 bits per heavy atom. The molecular weight excluding hydrogens is 250 g/mol. The van der Waals surface area contributed by atoms with Crippen LogP contribution in [0.25, 0.3) is 0 Å². The van der Waals surface area contributed by atoms with Gasteiger partial charge in [-0.05, 0) is 31.4 Å². The van der Waals surface area contributed by atoms with Crippen molar-refractivity contribution in [3.8, 4) is 0 Å². The molecule has 1 aromatic carbocycles. The summed E-state index contributed by atoms with van der Waals surface area (Å²) in [5.41, 5.74) is 1.43. The van der Waals surface area contributed by atoms with Gasteiger partial charge in [-0.2, -0.15) is 0 Å². The molecule has 0 radical (unpaired) electrons. The Morgan fingerprint density at radius 2 is 2.07 bits per heavy atom. The molecule has 1 nitrogen and oxygen atoms in total. The van der Waals surface area contributed by atoms with Crippen molar-refractivity contribution in [1.82, 2.24) is 4.90 Å². The smallest absolute Gasteiger partial charge is 0.0236 e. The Balaban J connectivity index is 1.96. The number of alkyl halides is 1. The van der Waals surface area contributed by atoms with Gasteiger partial charge in [0.05, 0.1) is 0 Å². The molecule has 0 amide bonds. The molecule has 1 aliphatic rings. The first-order chi connectivity index (χ1) is 7.31. The summed E-state index contributed by atoms with van der Waals surface area (Å²) in [5.74, 6) is 0.828. The lowest BCUT2D eigenvalue weighted by molar-refractivity contribution is 0.241. The molecule has 0 N–H and O–H groups in total. The van der Waals surface area contributed by atoms with Gasteiger partial charge in [0, 0.05) is 17.9 Å². The quantitative estimate of drug-likeness (QED) is 0.760. The highest BCUT2D eigenvalue weighted by Crippen LogP contribution is 2.26. The molecule has 1 fully saturated rings. The molecule has 2 unspecified atom stereocenters. The van der Waals surface area contributed by atoms with Gasteiger partial charge in [0.15, 0.2) is 0 Å². The number of benzene rings is 1. The van der Waals surface area contributed by atoms with Crippen molar-refractivity contribution < 1.29 is 0 Å². The highest BCUT2D eigenvalue weighted by atomic mass is 79.9. The number of rotatable bonds is 3. The van der Waals surface area contributed by atoms with E-state index in [0.29, 0.717) is 6.04 Å². The number of likely N-dealkylation sites (tertiary alicyclic amines) is 1. The maximum Gasteiger partial charge on any atom is 0.0236 e. The summed E-state index contributed by atoms with van der Waals surface area (Å²) in [6, 6.07) is 11.5. The van der Waals surface area contributed by atoms with Crippen molar-refractivity contribution in [3.63, 3.8) is 0 Å². The molecule has 2 rings (SSSR count). The van der Waals surface area contributed by atoms with Crippen LogP contribution >= 0.6 is 15.9 Å². The van der Waals surface area contributed by atoms with Crippen LogP contribution in [0.15, 0.2) is 30.3 Å². The van der Waals surface area contributed by atoms with E-state index >= 15 is 0 Å². The standard InChI is InChI=1S/C13H18BrN/c1-11-13(9-14)7-8-15(11)10-12-5-3-2-4-6-12/h2-6,11,13H,7-10H2,1H3. The number of halogens is 1. The van der Waals surface area contributed by atoms with Crippen LogP contribution in [-0.4, -0.2) is 22.8 Å². The predicted octanol–water partition coefficient (Wildman–Crippen LogP) is 3.29. The predicted molar refractivity (Wildman–Crippen MR) is 68.2 cm³/mol. The van der Waals surface area contributed by atoms with E-state index in [9.17, 15) is 0 Å². The van der Waals surface area contributed by atoms with Crippen LogP contribution in [0, 0.1) is 5.92 Å². The average Bonchev–Trinajstić information content (AvgIpc) is 2.62. The first-order valence-electron chi connectivity index (χ1n) is 5.65. The third-order valence-electron chi connectivity index (χ3n) is 3.47. The normalized spacial score (nSPS) is 27.1. The van der Waals surface area contributed by atoms with Crippen LogP contribution in [0.1, 0.15) is 18.9 Å². The van der Waals surface area contributed by atoms with Crippen molar-refractivity contribution in [2.24, 2.45) is 5.92 Å². The van der Waals surface area contributed by atoms with Crippen molar-refractivity contribution in [2.45, 2.75) is 25.9 Å². The Bertz CT molecular complexity index is 299. The lowest BCUT2D eigenvalue weighted by atomic mass is 10.0. The van der Waals surface area contributed by atoms with Crippen molar-refractivity contribution in [3.05, 3.63) is 35.9 Å². The van der Waals surface area contributed by atoms with Crippen molar-refractivity contribution >= 4 is 15.9 Å². The van der Waals surface area contributed by atoms with Gasteiger partial charge in [-0.1, -0.05) is 46.3 Å². The van der Waals surface area contributed by atoms with Gasteiger partial charge in [-0.25, -0.2) is 0 Å². The zero-order valence-corrected chi connectivity index (χ0v) is 10.8. The minimum Gasteiger partial charge on any atom is -0.296 e. The molecule has 0 aromatic heterocycles. The largest absolute Gasteiger partial charge is 0.296 e. The van der Waals surface area contributed by atoms with Gasteiger partial charge in [0.25, 0.3) is 0 Å². The fourth-order valence-corrected chi connectivity index (χ4v) is 3.19. The summed E-state index contributed by atoms with van der Waals surface area (Å²) in [6.45, 7) is 4.69. The van der Waals surface area contributed by atoms with Gasteiger partial charge in [0.2, 0.25) is 0 Å². The Morgan fingerprint density at radius 1 is 1.33 bits per heavy atom. The summed E-state index contributed by atoms with van der Waals surface area (Å²) in [7, 11) is 0. The molecule has 0 bridgehead atoms. The van der Waals surface area contributed by atoms with E-state index in [4.69, 9.17) is 0 Å². The highest BCUT2D eigenvalue weighted by Gasteiger charge is 2.29. The van der Waals surface area contributed by atoms with E-state index in [1.165, 1.54) is 18.5 Å². The zero-order chi connectivity index (χ0) is 10.7. The van der Waals surface area contributed by atoms with E-state index in [2.05, 4.69) is 58.1 Å². The molecular formula is C13H18BrN. The first kappa shape index (κ1) is 11.2. The van der Waals surface area contributed by atoms with Gasteiger partial charge in [-0.3, -0.25) is 4.90 Å². The summed E-state index contributed by atoms with van der Waals surface area (Å²) in [4.78, 5) is 2.58. The molecule has 1 aliphatic heterocycles. The van der Waals surface area contributed by atoms with E-state index in [0.717, 1.165) is 17.8 Å². The molecule has 82 valence electrons. The second-order valence-electron chi connectivity index (χ2n) is 4.40. The van der Waals surface area contributed by atoms with Crippen LogP contribution < -0.4 is 0 Å². The van der Waals surface area contributed by atoms with Crippen molar-refractivity contribution in [1.29, 1.82) is 0 Å². The lowest BCUT2D eigenvalue weighted by Crippen LogP contribution is -2.30. The molecule has 1 saturated heterocycles. The molecule has 1 heterocycles. The van der Waals surface area contributed by atoms with Gasteiger partial charge in [0.1, 0.15) is 0 Å². The summed E-state index contributed by atoms with van der Waals surface area (Å²) in [6.07, 6.45) is 1.33. The van der Waals surface area contributed by atoms with Crippen LogP contribution in [0.4, 0.5) is 0 Å². The number of nitrogens with zero attached hydrogens (tertiary/aromatic N) is 1. The molecule has 0 spiro atoms. The number of hydrogen-bond acceptors (Lipinski definition) is 1. The summed E-state index contributed by atoms with van der Waals surface area (Å²) >= 11 is 3.60. The Hall–Kier alpha value is -0.340. The molecule has 0 saturated carbocycles. The van der Waals surface area contributed by atoms with Crippen LogP contribution in [0.5, 0.6) is 0 Å². The van der Waals surface area contributed by atoms with Crippen molar-refractivity contribution in [2.75, 3.05) is 11.9 Å². The van der Waals surface area contributed by atoms with E-state index < -0.39 is 0 Å². The minimum absolute atomic E-state index is 0.713. The second kappa shape index (κ2) is 5.13. The second-order valence-corrected chi connectivity index (χ2v) is 5.05. The number of hydrogen-bond donors (Lipinski definition) is 0. The Kier molecular flexibility index (Phi) is 3.81. The average molecular weight is 268 g/mol. The van der Waals surface area contributed by atoms with E-state index in [-0.39, 0.29) is 0 Å². The lowest BCUT2D eigenvalue weighted by Gasteiger charge is -2.23.